The van der Waals surface area contributed by atoms with Crippen LogP contribution in [0.5, 0.6) is 11.5 Å². The molecule has 0 bridgehead atoms. The second-order valence-corrected chi connectivity index (χ2v) is 3.77. The van der Waals surface area contributed by atoms with Gasteiger partial charge in [-0.3, -0.25) is 9.78 Å². The number of pyridine rings is 1. The van der Waals surface area contributed by atoms with E-state index in [2.05, 4.69) is 10.3 Å². The van der Waals surface area contributed by atoms with E-state index in [1.165, 1.54) is 43.7 Å². The monoisotopic (exact) mass is 261 g/mol. The number of nitrogens with two attached hydrogens (primary N) is 1. The van der Waals surface area contributed by atoms with Gasteiger partial charge in [0.05, 0.1) is 17.4 Å². The Hall–Kier alpha value is -2.63. The Morgan fingerprint density at radius 2 is 2.11 bits per heavy atom. The number of hydrogen-bond donors (Lipinski definition) is 2. The summed E-state index contributed by atoms with van der Waals surface area (Å²) in [4.78, 5) is 15.3. The Labute approximate surface area is 109 Å². The third-order valence-corrected chi connectivity index (χ3v) is 2.41. The molecule has 0 saturated carbocycles. The van der Waals surface area contributed by atoms with Crippen molar-refractivity contribution in [2.75, 3.05) is 12.8 Å². The summed E-state index contributed by atoms with van der Waals surface area (Å²) >= 11 is 0. The molecule has 1 aromatic heterocycles. The van der Waals surface area contributed by atoms with Gasteiger partial charge in [-0.2, -0.15) is 0 Å². The topological polar surface area (TPSA) is 77.2 Å². The maximum absolute atomic E-state index is 13.3. The molecule has 0 saturated heterocycles. The fourth-order valence-electron chi connectivity index (χ4n) is 1.45. The Bertz CT molecular complexity index is 617. The summed E-state index contributed by atoms with van der Waals surface area (Å²) in [7, 11) is 1.52. The van der Waals surface area contributed by atoms with Crippen LogP contribution in [0, 0.1) is 5.82 Å². The summed E-state index contributed by atoms with van der Waals surface area (Å²) < 4.78 is 18.7. The largest absolute Gasteiger partial charge is 0.456 e. The number of anilines is 1. The van der Waals surface area contributed by atoms with Gasteiger partial charge >= 0.3 is 0 Å². The predicted octanol–water partition coefficient (Wildman–Crippen LogP) is 1.95. The summed E-state index contributed by atoms with van der Waals surface area (Å²) in [5, 5.41) is 2.48. The molecule has 1 aromatic carbocycles. The summed E-state index contributed by atoms with van der Waals surface area (Å²) in [6.45, 7) is 0. The average molecular weight is 261 g/mol. The van der Waals surface area contributed by atoms with Gasteiger partial charge in [0.25, 0.3) is 5.91 Å². The van der Waals surface area contributed by atoms with Crippen LogP contribution in [0.4, 0.5) is 10.1 Å². The van der Waals surface area contributed by atoms with Crippen LogP contribution >= 0.6 is 0 Å². The molecule has 0 unspecified atom stereocenters. The average Bonchev–Trinajstić information content (AvgIpc) is 2.42. The zero-order valence-corrected chi connectivity index (χ0v) is 10.2. The molecule has 0 aliphatic heterocycles. The molecule has 0 radical (unpaired) electrons. The van der Waals surface area contributed by atoms with E-state index < -0.39 is 5.82 Å². The van der Waals surface area contributed by atoms with Crippen molar-refractivity contribution in [1.29, 1.82) is 0 Å². The first-order valence-electron chi connectivity index (χ1n) is 5.50. The van der Waals surface area contributed by atoms with E-state index in [9.17, 15) is 9.18 Å². The van der Waals surface area contributed by atoms with Crippen LogP contribution in [-0.2, 0) is 0 Å². The Morgan fingerprint density at radius 3 is 2.79 bits per heavy atom. The molecule has 2 rings (SSSR count). The highest BCUT2D eigenvalue weighted by Gasteiger charge is 2.07. The molecule has 98 valence electrons. The standard InChI is InChI=1S/C13H12FN3O2/c1-16-13(18)8-4-10(7-17-6-8)19-9-2-3-12(15)11(14)5-9/h2-7H,15H2,1H3,(H,16,18). The van der Waals surface area contributed by atoms with Crippen molar-refractivity contribution in [1.82, 2.24) is 10.3 Å². The van der Waals surface area contributed by atoms with E-state index in [0.29, 0.717) is 11.3 Å². The molecular weight excluding hydrogens is 249 g/mol. The van der Waals surface area contributed by atoms with Gasteiger partial charge in [-0.1, -0.05) is 0 Å². The normalized spacial score (nSPS) is 10.0. The molecule has 3 N–H and O–H groups in total. The van der Waals surface area contributed by atoms with Gasteiger partial charge < -0.3 is 15.8 Å². The zero-order valence-electron chi connectivity index (χ0n) is 10.2. The number of hydrogen-bond acceptors (Lipinski definition) is 4. The van der Waals surface area contributed by atoms with Crippen molar-refractivity contribution < 1.29 is 13.9 Å². The van der Waals surface area contributed by atoms with Gasteiger partial charge in [0, 0.05) is 19.3 Å². The first kappa shape index (κ1) is 12.8. The van der Waals surface area contributed by atoms with Crippen molar-refractivity contribution in [3.63, 3.8) is 0 Å². The van der Waals surface area contributed by atoms with E-state index in [0.717, 1.165) is 0 Å². The number of rotatable bonds is 3. The molecule has 0 atom stereocenters. The fraction of sp³-hybridized carbons (Fsp3) is 0.0769. The van der Waals surface area contributed by atoms with E-state index in [-0.39, 0.29) is 17.3 Å². The minimum Gasteiger partial charge on any atom is -0.456 e. The molecule has 0 aliphatic rings. The molecule has 6 heteroatoms. The number of benzene rings is 1. The third kappa shape index (κ3) is 2.98. The summed E-state index contributed by atoms with van der Waals surface area (Å²) in [5.41, 5.74) is 5.77. The van der Waals surface area contributed by atoms with Crippen LogP contribution < -0.4 is 15.8 Å². The lowest BCUT2D eigenvalue weighted by molar-refractivity contribution is 0.0962. The van der Waals surface area contributed by atoms with Crippen LogP contribution in [0.3, 0.4) is 0 Å². The highest BCUT2D eigenvalue weighted by Crippen LogP contribution is 2.24. The van der Waals surface area contributed by atoms with E-state index in [4.69, 9.17) is 10.5 Å². The molecule has 5 nitrogen and oxygen atoms in total. The molecule has 19 heavy (non-hydrogen) atoms. The predicted molar refractivity (Wildman–Crippen MR) is 68.5 cm³/mol. The van der Waals surface area contributed by atoms with Crippen LogP contribution in [0.15, 0.2) is 36.7 Å². The highest BCUT2D eigenvalue weighted by atomic mass is 19.1. The Kier molecular flexibility index (Phi) is 3.61. The Balaban J connectivity index is 2.23. The Morgan fingerprint density at radius 1 is 1.32 bits per heavy atom. The maximum atomic E-state index is 13.3. The minimum absolute atomic E-state index is 0.0459. The van der Waals surface area contributed by atoms with Crippen LogP contribution in [-0.4, -0.2) is 17.9 Å². The number of carbonyl (C=O) groups is 1. The molecule has 0 spiro atoms. The molecule has 0 aliphatic carbocycles. The van der Waals surface area contributed by atoms with E-state index in [1.54, 1.807) is 0 Å². The summed E-state index contributed by atoms with van der Waals surface area (Å²) in [6, 6.07) is 5.62. The lowest BCUT2D eigenvalue weighted by atomic mass is 10.2. The van der Waals surface area contributed by atoms with Gasteiger partial charge in [-0.25, -0.2) is 4.39 Å². The molecule has 1 amide bonds. The lowest BCUT2D eigenvalue weighted by Gasteiger charge is -2.07. The number of nitrogens with zero attached hydrogens (tertiary/aromatic N) is 1. The van der Waals surface area contributed by atoms with E-state index >= 15 is 0 Å². The second kappa shape index (κ2) is 5.34. The lowest BCUT2D eigenvalue weighted by Crippen LogP contribution is -2.17. The van der Waals surface area contributed by atoms with Gasteiger partial charge in [-0.15, -0.1) is 0 Å². The first-order chi connectivity index (χ1) is 9.10. The number of carbonyl (C=O) groups excluding carboxylic acids is 1. The SMILES string of the molecule is CNC(=O)c1cncc(Oc2ccc(N)c(F)c2)c1. The van der Waals surface area contributed by atoms with Crippen LogP contribution in [0.1, 0.15) is 10.4 Å². The van der Waals surface area contributed by atoms with Crippen molar-refractivity contribution in [2.24, 2.45) is 0 Å². The second-order valence-electron chi connectivity index (χ2n) is 3.77. The smallest absolute Gasteiger partial charge is 0.252 e. The minimum atomic E-state index is -0.562. The highest BCUT2D eigenvalue weighted by molar-refractivity contribution is 5.93. The van der Waals surface area contributed by atoms with Crippen molar-refractivity contribution in [3.8, 4) is 11.5 Å². The van der Waals surface area contributed by atoms with Gasteiger partial charge in [0.1, 0.15) is 17.3 Å². The molecule has 2 aromatic rings. The van der Waals surface area contributed by atoms with Crippen LogP contribution in [0.2, 0.25) is 0 Å². The number of amides is 1. The number of ether oxygens (including phenoxy) is 1. The molecular formula is C13H12FN3O2. The number of aromatic nitrogens is 1. The molecule has 0 fully saturated rings. The summed E-state index contributed by atoms with van der Waals surface area (Å²) in [6.07, 6.45) is 2.84. The first-order valence-corrected chi connectivity index (χ1v) is 5.50. The van der Waals surface area contributed by atoms with Crippen molar-refractivity contribution in [2.45, 2.75) is 0 Å². The number of nitrogens with one attached hydrogen (secondary N) is 1. The number of halogens is 1. The maximum Gasteiger partial charge on any atom is 0.252 e. The van der Waals surface area contributed by atoms with Crippen molar-refractivity contribution >= 4 is 11.6 Å². The van der Waals surface area contributed by atoms with Crippen LogP contribution in [0.25, 0.3) is 0 Å². The quantitative estimate of drug-likeness (QED) is 0.828. The zero-order chi connectivity index (χ0) is 13.8. The molecule has 1 heterocycles. The third-order valence-electron chi connectivity index (χ3n) is 2.41. The van der Waals surface area contributed by atoms with Gasteiger partial charge in [0.15, 0.2) is 0 Å². The number of nitrogen functional groups attached to an aromatic ring is 1. The van der Waals surface area contributed by atoms with Gasteiger partial charge in [0.2, 0.25) is 0 Å². The fourth-order valence-corrected chi connectivity index (χ4v) is 1.45. The van der Waals surface area contributed by atoms with E-state index in [1.807, 2.05) is 0 Å². The van der Waals surface area contributed by atoms with Gasteiger partial charge in [-0.05, 0) is 18.2 Å². The summed E-state index contributed by atoms with van der Waals surface area (Å²) in [5.74, 6) is -0.220. The van der Waals surface area contributed by atoms with Crippen molar-refractivity contribution in [3.05, 3.63) is 48.0 Å².